The van der Waals surface area contributed by atoms with Gasteiger partial charge in [0.05, 0.1) is 12.7 Å². The van der Waals surface area contributed by atoms with Crippen molar-refractivity contribution in [2.24, 2.45) is 0 Å². The minimum Gasteiger partial charge on any atom is -0.502 e. The average Bonchev–Trinajstić information content (AvgIpc) is 2.35. The van der Waals surface area contributed by atoms with E-state index < -0.39 is 11.2 Å². The average molecular weight is 251 g/mol. The van der Waals surface area contributed by atoms with Gasteiger partial charge in [-0.1, -0.05) is 0 Å². The lowest BCUT2D eigenvalue weighted by Crippen LogP contribution is -2.60. The summed E-state index contributed by atoms with van der Waals surface area (Å²) in [7, 11) is 0. The van der Waals surface area contributed by atoms with E-state index in [1.807, 2.05) is 6.92 Å². The van der Waals surface area contributed by atoms with Crippen molar-refractivity contribution in [2.75, 3.05) is 18.6 Å². The molecule has 7 heteroatoms. The van der Waals surface area contributed by atoms with Crippen LogP contribution in [0.3, 0.4) is 0 Å². The Labute approximate surface area is 103 Å². The zero-order valence-corrected chi connectivity index (χ0v) is 9.79. The molecule has 0 aromatic carbocycles. The molecule has 3 heterocycles. The molecule has 2 aliphatic heterocycles. The quantitative estimate of drug-likeness (QED) is 0.637. The third-order valence-electron chi connectivity index (χ3n) is 3.19. The number of amides is 1. The first-order valence-electron chi connectivity index (χ1n) is 5.71. The lowest BCUT2D eigenvalue weighted by molar-refractivity contribution is -0.0435. The first-order chi connectivity index (χ1) is 8.58. The van der Waals surface area contributed by atoms with Crippen molar-refractivity contribution in [3.8, 4) is 5.75 Å². The Morgan fingerprint density at radius 1 is 1.50 bits per heavy atom. The molecular formula is C11H13N3O4. The van der Waals surface area contributed by atoms with Crippen LogP contribution >= 0.6 is 0 Å². The molecule has 7 nitrogen and oxygen atoms in total. The zero-order chi connectivity index (χ0) is 12.9. The van der Waals surface area contributed by atoms with Crippen molar-refractivity contribution < 1.29 is 14.6 Å². The molecule has 0 aliphatic carbocycles. The molecule has 1 amide bonds. The van der Waals surface area contributed by atoms with Crippen LogP contribution in [0.2, 0.25) is 0 Å². The first kappa shape index (κ1) is 11.1. The second-order valence-electron chi connectivity index (χ2n) is 4.49. The van der Waals surface area contributed by atoms with Gasteiger partial charge in [0.1, 0.15) is 6.17 Å². The Kier molecular flexibility index (Phi) is 2.30. The molecule has 96 valence electrons. The molecule has 0 spiro atoms. The van der Waals surface area contributed by atoms with E-state index in [1.54, 1.807) is 4.90 Å². The summed E-state index contributed by atoms with van der Waals surface area (Å²) in [6, 6.07) is 1.21. The Bertz CT molecular complexity index is 568. The molecule has 2 atom stereocenters. The Morgan fingerprint density at radius 2 is 2.28 bits per heavy atom. The van der Waals surface area contributed by atoms with Gasteiger partial charge in [0.2, 0.25) is 5.43 Å². The molecule has 1 fully saturated rings. The van der Waals surface area contributed by atoms with Crippen molar-refractivity contribution in [3.05, 3.63) is 28.2 Å². The normalized spacial score (nSPS) is 26.3. The van der Waals surface area contributed by atoms with Crippen molar-refractivity contribution in [3.63, 3.8) is 0 Å². The van der Waals surface area contributed by atoms with Crippen LogP contribution in [0.25, 0.3) is 0 Å². The number of aromatic hydroxyl groups is 1. The molecule has 0 saturated carbocycles. The highest BCUT2D eigenvalue weighted by Gasteiger charge is 2.38. The predicted octanol–water partition coefficient (Wildman–Crippen LogP) is -0.702. The number of carbonyl (C=O) groups excluding carboxylic acids is 1. The molecule has 1 unspecified atom stereocenters. The predicted molar refractivity (Wildman–Crippen MR) is 62.0 cm³/mol. The summed E-state index contributed by atoms with van der Waals surface area (Å²) in [5.74, 6) is -0.878. The maximum atomic E-state index is 12.3. The molecule has 1 aromatic heterocycles. The third-order valence-corrected chi connectivity index (χ3v) is 3.19. The Balaban J connectivity index is 2.08. The van der Waals surface area contributed by atoms with E-state index in [9.17, 15) is 14.7 Å². The van der Waals surface area contributed by atoms with Gasteiger partial charge >= 0.3 is 0 Å². The zero-order valence-electron chi connectivity index (χ0n) is 9.79. The van der Waals surface area contributed by atoms with Crippen molar-refractivity contribution in [1.29, 1.82) is 0 Å². The smallest absolute Gasteiger partial charge is 0.278 e. The molecule has 1 saturated heterocycles. The highest BCUT2D eigenvalue weighted by Crippen LogP contribution is 2.22. The number of hydrogen-bond donors (Lipinski definition) is 2. The van der Waals surface area contributed by atoms with Gasteiger partial charge in [-0.25, -0.2) is 0 Å². The van der Waals surface area contributed by atoms with E-state index >= 15 is 0 Å². The standard InChI is InChI=1S/C11H13N3O4/c1-6-4-13-8(5-18-6)12-14-3-2-7(15)10(16)9(14)11(13)17/h2-3,6,8,12,16H,4-5H2,1H3/t6-,8?/m0/s1. The monoisotopic (exact) mass is 251 g/mol. The first-order valence-corrected chi connectivity index (χ1v) is 5.71. The van der Waals surface area contributed by atoms with Crippen molar-refractivity contribution in [2.45, 2.75) is 19.2 Å². The summed E-state index contributed by atoms with van der Waals surface area (Å²) in [4.78, 5) is 25.2. The maximum absolute atomic E-state index is 12.3. The summed E-state index contributed by atoms with van der Waals surface area (Å²) in [6.45, 7) is 2.67. The summed E-state index contributed by atoms with van der Waals surface area (Å²) in [6.07, 6.45) is 1.10. The fraction of sp³-hybridized carbons (Fsp3) is 0.455. The molecular weight excluding hydrogens is 238 g/mol. The lowest BCUT2D eigenvalue weighted by atomic mass is 10.2. The van der Waals surface area contributed by atoms with E-state index in [0.29, 0.717) is 13.2 Å². The number of aromatic nitrogens is 1. The van der Waals surface area contributed by atoms with Gasteiger partial charge in [0.15, 0.2) is 11.4 Å². The molecule has 2 aliphatic rings. The van der Waals surface area contributed by atoms with E-state index in [4.69, 9.17) is 4.74 Å². The number of nitrogens with zero attached hydrogens (tertiary/aromatic N) is 2. The number of morpholine rings is 1. The number of hydrogen-bond acceptors (Lipinski definition) is 5. The SMILES string of the molecule is C[C@H]1CN2C(=O)c3c(O)c(=O)ccn3NC2CO1. The van der Waals surface area contributed by atoms with Crippen LogP contribution in [0.15, 0.2) is 17.1 Å². The summed E-state index contributed by atoms with van der Waals surface area (Å²) in [5, 5.41) is 9.72. The summed E-state index contributed by atoms with van der Waals surface area (Å²) in [5.41, 5.74) is 2.44. The van der Waals surface area contributed by atoms with E-state index in [2.05, 4.69) is 5.43 Å². The number of pyridine rings is 1. The van der Waals surface area contributed by atoms with Crippen LogP contribution in [0.4, 0.5) is 0 Å². The van der Waals surface area contributed by atoms with E-state index in [0.717, 1.165) is 0 Å². The van der Waals surface area contributed by atoms with E-state index in [-0.39, 0.29) is 23.9 Å². The fourth-order valence-corrected chi connectivity index (χ4v) is 2.27. The van der Waals surface area contributed by atoms with Gasteiger partial charge in [-0.15, -0.1) is 0 Å². The maximum Gasteiger partial charge on any atom is 0.278 e. The van der Waals surface area contributed by atoms with Crippen LogP contribution in [-0.4, -0.2) is 46.0 Å². The Morgan fingerprint density at radius 3 is 3.06 bits per heavy atom. The highest BCUT2D eigenvalue weighted by molar-refractivity contribution is 5.96. The number of rotatable bonds is 0. The molecule has 2 N–H and O–H groups in total. The van der Waals surface area contributed by atoms with Crippen LogP contribution in [-0.2, 0) is 4.74 Å². The number of fused-ring (bicyclic) bond motifs is 2. The fourth-order valence-electron chi connectivity index (χ4n) is 2.27. The second kappa shape index (κ2) is 3.74. The highest BCUT2D eigenvalue weighted by atomic mass is 16.5. The number of carbonyl (C=O) groups is 1. The van der Waals surface area contributed by atoms with Crippen molar-refractivity contribution >= 4 is 5.91 Å². The third kappa shape index (κ3) is 1.47. The molecule has 3 rings (SSSR count). The van der Waals surface area contributed by atoms with Gasteiger partial charge in [0, 0.05) is 18.8 Å². The van der Waals surface area contributed by atoms with Crippen LogP contribution in [0.1, 0.15) is 17.4 Å². The number of nitrogens with one attached hydrogen (secondary N) is 1. The van der Waals surface area contributed by atoms with Crippen LogP contribution in [0, 0.1) is 0 Å². The largest absolute Gasteiger partial charge is 0.502 e. The topological polar surface area (TPSA) is 83.8 Å². The second-order valence-corrected chi connectivity index (χ2v) is 4.49. The molecule has 18 heavy (non-hydrogen) atoms. The Hall–Kier alpha value is -2.02. The molecule has 0 bridgehead atoms. The van der Waals surface area contributed by atoms with Gasteiger partial charge in [-0.3, -0.25) is 14.3 Å². The summed E-state index contributed by atoms with van der Waals surface area (Å²) >= 11 is 0. The van der Waals surface area contributed by atoms with Crippen LogP contribution in [0.5, 0.6) is 5.75 Å². The lowest BCUT2D eigenvalue weighted by Gasteiger charge is -2.43. The molecule has 0 radical (unpaired) electrons. The van der Waals surface area contributed by atoms with Crippen LogP contribution < -0.4 is 10.9 Å². The minimum absolute atomic E-state index is 0.0205. The summed E-state index contributed by atoms with van der Waals surface area (Å²) < 4.78 is 6.85. The van der Waals surface area contributed by atoms with Crippen molar-refractivity contribution in [1.82, 2.24) is 9.58 Å². The van der Waals surface area contributed by atoms with E-state index in [1.165, 1.54) is 16.9 Å². The minimum atomic E-state index is -0.559. The van der Waals surface area contributed by atoms with Gasteiger partial charge in [-0.05, 0) is 6.92 Å². The van der Waals surface area contributed by atoms with Gasteiger partial charge in [0.25, 0.3) is 5.91 Å². The van der Waals surface area contributed by atoms with Gasteiger partial charge < -0.3 is 20.2 Å². The van der Waals surface area contributed by atoms with Gasteiger partial charge in [-0.2, -0.15) is 0 Å². The number of ether oxygens (including phenoxy) is 1. The molecule has 1 aromatic rings.